The molecule has 2 atom stereocenters. The van der Waals surface area contributed by atoms with Gasteiger partial charge in [0, 0.05) is 6.42 Å². The molecule has 1 amide bonds. The van der Waals surface area contributed by atoms with E-state index in [4.69, 9.17) is 4.74 Å². The minimum atomic E-state index is -1.07. The number of benzene rings is 2. The van der Waals surface area contributed by atoms with Gasteiger partial charge in [-0.2, -0.15) is 0 Å². The van der Waals surface area contributed by atoms with Gasteiger partial charge in [-0.1, -0.05) is 48.0 Å². The number of hydrogen-bond acceptors (Lipinski definition) is 3. The van der Waals surface area contributed by atoms with Crippen molar-refractivity contribution in [2.45, 2.75) is 32.4 Å². The number of nitrogens with one attached hydrogen (secondary N) is 1. The van der Waals surface area contributed by atoms with Crippen molar-refractivity contribution in [2.75, 3.05) is 0 Å². The van der Waals surface area contributed by atoms with E-state index in [-0.39, 0.29) is 6.42 Å². The maximum Gasteiger partial charge on any atom is 0.326 e. The molecule has 0 saturated carbocycles. The molecule has 0 bridgehead atoms. The maximum absolute atomic E-state index is 12.2. The molecule has 2 N–H and O–H groups in total. The molecule has 0 saturated heterocycles. The Balaban J connectivity index is 1.96. The minimum absolute atomic E-state index is 0.221. The van der Waals surface area contributed by atoms with Crippen LogP contribution in [0.3, 0.4) is 0 Å². The average Bonchev–Trinajstić information content (AvgIpc) is 2.57. The summed E-state index contributed by atoms with van der Waals surface area (Å²) in [6, 6.07) is 15.5. The number of hydrogen-bond donors (Lipinski definition) is 2. The molecule has 0 heterocycles. The molecule has 5 heteroatoms. The van der Waals surface area contributed by atoms with Gasteiger partial charge in [-0.25, -0.2) is 4.79 Å². The Hall–Kier alpha value is -2.82. The zero-order chi connectivity index (χ0) is 17.5. The zero-order valence-electron chi connectivity index (χ0n) is 13.7. The van der Waals surface area contributed by atoms with Crippen LogP contribution in [0.1, 0.15) is 18.1 Å². The predicted octanol–water partition coefficient (Wildman–Crippen LogP) is 2.57. The highest BCUT2D eigenvalue weighted by atomic mass is 16.5. The average molecular weight is 327 g/mol. The first-order valence-electron chi connectivity index (χ1n) is 7.76. The summed E-state index contributed by atoms with van der Waals surface area (Å²) in [6.07, 6.45) is -0.565. The maximum atomic E-state index is 12.2. The second kappa shape index (κ2) is 8.15. The number of carbonyl (C=O) groups is 2. The summed E-state index contributed by atoms with van der Waals surface area (Å²) in [5, 5.41) is 11.9. The minimum Gasteiger partial charge on any atom is -0.481 e. The molecule has 0 aliphatic heterocycles. The van der Waals surface area contributed by atoms with Gasteiger partial charge >= 0.3 is 5.97 Å². The molecular weight excluding hydrogens is 306 g/mol. The number of carbonyl (C=O) groups excluding carboxylic acids is 1. The van der Waals surface area contributed by atoms with Crippen molar-refractivity contribution in [3.8, 4) is 5.75 Å². The van der Waals surface area contributed by atoms with Crippen molar-refractivity contribution in [3.05, 3.63) is 65.7 Å². The summed E-state index contributed by atoms with van der Waals surface area (Å²) < 4.78 is 5.56. The fourth-order valence-electron chi connectivity index (χ4n) is 2.21. The summed E-state index contributed by atoms with van der Waals surface area (Å²) in [7, 11) is 0. The monoisotopic (exact) mass is 327 g/mol. The van der Waals surface area contributed by atoms with E-state index in [0.29, 0.717) is 5.75 Å². The Morgan fingerprint density at radius 2 is 1.71 bits per heavy atom. The first-order chi connectivity index (χ1) is 11.5. The highest BCUT2D eigenvalue weighted by Gasteiger charge is 2.24. The van der Waals surface area contributed by atoms with E-state index in [1.165, 1.54) is 0 Å². The molecule has 0 radical (unpaired) electrons. The van der Waals surface area contributed by atoms with E-state index in [1.807, 2.05) is 49.4 Å². The third kappa shape index (κ3) is 5.12. The van der Waals surface area contributed by atoms with Crippen LogP contribution in [0.25, 0.3) is 0 Å². The van der Waals surface area contributed by atoms with Gasteiger partial charge in [0.15, 0.2) is 6.10 Å². The van der Waals surface area contributed by atoms with E-state index in [2.05, 4.69) is 5.32 Å². The second-order valence-electron chi connectivity index (χ2n) is 5.66. The fourth-order valence-corrected chi connectivity index (χ4v) is 2.21. The van der Waals surface area contributed by atoms with Crippen LogP contribution >= 0.6 is 0 Å². The summed E-state index contributed by atoms with van der Waals surface area (Å²) in [4.78, 5) is 23.6. The van der Waals surface area contributed by atoms with Gasteiger partial charge in [-0.05, 0) is 31.5 Å². The van der Waals surface area contributed by atoms with E-state index in [0.717, 1.165) is 11.1 Å². The van der Waals surface area contributed by atoms with Crippen LogP contribution in [0.4, 0.5) is 0 Å². The summed E-state index contributed by atoms with van der Waals surface area (Å²) in [6.45, 7) is 3.55. The van der Waals surface area contributed by atoms with Crippen LogP contribution in [-0.2, 0) is 16.0 Å². The van der Waals surface area contributed by atoms with Crippen LogP contribution < -0.4 is 10.1 Å². The smallest absolute Gasteiger partial charge is 0.326 e. The Labute approximate surface area is 141 Å². The molecule has 2 aromatic rings. The van der Waals surface area contributed by atoms with E-state index in [1.54, 1.807) is 19.1 Å². The van der Waals surface area contributed by atoms with Gasteiger partial charge in [-0.3, -0.25) is 4.79 Å². The zero-order valence-corrected chi connectivity index (χ0v) is 13.7. The Morgan fingerprint density at radius 3 is 2.29 bits per heavy atom. The third-order valence-corrected chi connectivity index (χ3v) is 3.60. The molecular formula is C19H21NO4. The van der Waals surface area contributed by atoms with Gasteiger partial charge < -0.3 is 15.2 Å². The van der Waals surface area contributed by atoms with Crippen molar-refractivity contribution in [1.82, 2.24) is 5.32 Å². The van der Waals surface area contributed by atoms with Crippen molar-refractivity contribution in [3.63, 3.8) is 0 Å². The number of ether oxygens (including phenoxy) is 1. The lowest BCUT2D eigenvalue weighted by molar-refractivity contribution is -0.142. The largest absolute Gasteiger partial charge is 0.481 e. The van der Waals surface area contributed by atoms with Crippen LogP contribution in [0.2, 0.25) is 0 Å². The summed E-state index contributed by atoms with van der Waals surface area (Å²) in [5.74, 6) is -0.966. The first-order valence-corrected chi connectivity index (χ1v) is 7.76. The van der Waals surface area contributed by atoms with E-state index < -0.39 is 24.0 Å². The first kappa shape index (κ1) is 17.5. The molecule has 24 heavy (non-hydrogen) atoms. The van der Waals surface area contributed by atoms with Crippen LogP contribution in [0.15, 0.2) is 54.6 Å². The fraction of sp³-hybridized carbons (Fsp3) is 0.263. The van der Waals surface area contributed by atoms with Crippen molar-refractivity contribution in [1.29, 1.82) is 0 Å². The number of carboxylic acid groups (broad SMARTS) is 1. The highest BCUT2D eigenvalue weighted by molar-refractivity contribution is 5.86. The molecule has 2 aromatic carbocycles. The van der Waals surface area contributed by atoms with Crippen molar-refractivity contribution >= 4 is 11.9 Å². The molecule has 1 unspecified atom stereocenters. The van der Waals surface area contributed by atoms with Gasteiger partial charge in [-0.15, -0.1) is 0 Å². The molecule has 0 spiro atoms. The molecule has 0 fully saturated rings. The Bertz CT molecular complexity index is 682. The lowest BCUT2D eigenvalue weighted by atomic mass is 10.1. The summed E-state index contributed by atoms with van der Waals surface area (Å²) >= 11 is 0. The quantitative estimate of drug-likeness (QED) is 0.819. The predicted molar refractivity (Wildman–Crippen MR) is 91.0 cm³/mol. The molecule has 0 aromatic heterocycles. The van der Waals surface area contributed by atoms with Gasteiger partial charge in [0.2, 0.25) is 0 Å². The normalized spacial score (nSPS) is 12.9. The number of aliphatic carboxylic acids is 1. The van der Waals surface area contributed by atoms with Crippen molar-refractivity contribution < 1.29 is 19.4 Å². The SMILES string of the molecule is Cc1ccc(OC(C)C(=O)N[C@@H](Cc2ccccc2)C(=O)O)cc1. The number of amides is 1. The van der Waals surface area contributed by atoms with Gasteiger partial charge in [0.05, 0.1) is 0 Å². The second-order valence-corrected chi connectivity index (χ2v) is 5.66. The van der Waals surface area contributed by atoms with Gasteiger partial charge in [0.25, 0.3) is 5.91 Å². The van der Waals surface area contributed by atoms with Crippen LogP contribution in [-0.4, -0.2) is 29.1 Å². The third-order valence-electron chi connectivity index (χ3n) is 3.60. The Morgan fingerprint density at radius 1 is 1.08 bits per heavy atom. The molecule has 0 aliphatic carbocycles. The lowest BCUT2D eigenvalue weighted by Crippen LogP contribution is -2.47. The van der Waals surface area contributed by atoms with E-state index in [9.17, 15) is 14.7 Å². The standard InChI is InChI=1S/C19H21NO4/c1-13-8-10-16(11-9-13)24-14(2)18(21)20-17(19(22)23)12-15-6-4-3-5-7-15/h3-11,14,17H,12H2,1-2H3,(H,20,21)(H,22,23)/t14?,17-/m0/s1. The summed E-state index contributed by atoms with van der Waals surface area (Å²) in [5.41, 5.74) is 1.94. The lowest BCUT2D eigenvalue weighted by Gasteiger charge is -2.19. The number of carboxylic acids is 1. The molecule has 126 valence electrons. The van der Waals surface area contributed by atoms with Crippen molar-refractivity contribution in [2.24, 2.45) is 0 Å². The topological polar surface area (TPSA) is 75.6 Å². The molecule has 0 aliphatic rings. The van der Waals surface area contributed by atoms with E-state index >= 15 is 0 Å². The molecule has 5 nitrogen and oxygen atoms in total. The number of rotatable bonds is 7. The van der Waals surface area contributed by atoms with Crippen LogP contribution in [0, 0.1) is 6.92 Å². The highest BCUT2D eigenvalue weighted by Crippen LogP contribution is 2.13. The molecule has 2 rings (SSSR count). The van der Waals surface area contributed by atoms with Crippen LogP contribution in [0.5, 0.6) is 5.75 Å². The Kier molecular flexibility index (Phi) is 5.95. The van der Waals surface area contributed by atoms with Gasteiger partial charge in [0.1, 0.15) is 11.8 Å². The number of aryl methyl sites for hydroxylation is 1.